The van der Waals surface area contributed by atoms with Crippen LogP contribution in [0.15, 0.2) is 0 Å². The van der Waals surface area contributed by atoms with Crippen LogP contribution in [0.3, 0.4) is 0 Å². The summed E-state index contributed by atoms with van der Waals surface area (Å²) in [7, 11) is 0. The summed E-state index contributed by atoms with van der Waals surface area (Å²) >= 11 is 0. The third-order valence-corrected chi connectivity index (χ3v) is 7.74. The molecule has 0 radical (unpaired) electrons. The number of carbonyl (C=O) groups is 5. The molecule has 2 amide bonds. The first kappa shape index (κ1) is 40.2. The highest BCUT2D eigenvalue weighted by Crippen LogP contribution is 2.21. The van der Waals surface area contributed by atoms with Gasteiger partial charge in [0.1, 0.15) is 24.4 Å². The van der Waals surface area contributed by atoms with Crippen molar-refractivity contribution in [3.63, 3.8) is 0 Å². The standard InChI is InChI=1S/C28H50N6O13/c1-2-12-46-13-3-29-28(45)27-26(44)25(43)24(42)19(47-27)14-30-20(35)15-31-4-6-32(16-21(36)37)8-10-34(18-23(40)41)11-9-33(7-5-31)17-22(38)39/h19,24-27,42-44H,2-18H2,1H3,(H,29,45)(H,30,35)(H,36,37)(H,38,39)(H,40,41). The van der Waals surface area contributed by atoms with E-state index >= 15 is 0 Å². The number of nitrogens with zero attached hydrogens (tertiary/aromatic N) is 4. The van der Waals surface area contributed by atoms with Gasteiger partial charge in [-0.25, -0.2) is 0 Å². The Balaban J connectivity index is 2.04. The number of hydrogen-bond acceptors (Lipinski definition) is 14. The summed E-state index contributed by atoms with van der Waals surface area (Å²) in [4.78, 5) is 66.5. The molecule has 47 heavy (non-hydrogen) atoms. The number of ether oxygens (including phenoxy) is 2. The fraction of sp³-hybridized carbons (Fsp3) is 0.821. The summed E-state index contributed by atoms with van der Waals surface area (Å²) < 4.78 is 10.9. The van der Waals surface area contributed by atoms with E-state index in [2.05, 4.69) is 10.6 Å². The summed E-state index contributed by atoms with van der Waals surface area (Å²) in [5.74, 6) is -4.46. The minimum atomic E-state index is -1.72. The fourth-order valence-corrected chi connectivity index (χ4v) is 5.19. The van der Waals surface area contributed by atoms with Gasteiger partial charge in [0.2, 0.25) is 5.91 Å². The summed E-state index contributed by atoms with van der Waals surface area (Å²) in [6.07, 6.45) is -6.99. The quantitative estimate of drug-likeness (QED) is 0.0710. The van der Waals surface area contributed by atoms with Gasteiger partial charge in [-0.3, -0.25) is 43.6 Å². The van der Waals surface area contributed by atoms with Crippen LogP contribution < -0.4 is 10.6 Å². The smallest absolute Gasteiger partial charge is 0.317 e. The van der Waals surface area contributed by atoms with E-state index in [1.54, 1.807) is 19.6 Å². The van der Waals surface area contributed by atoms with Crippen molar-refractivity contribution in [2.24, 2.45) is 0 Å². The van der Waals surface area contributed by atoms with E-state index in [1.807, 2.05) is 6.92 Å². The van der Waals surface area contributed by atoms with E-state index in [0.717, 1.165) is 6.42 Å². The topological polar surface area (TPSA) is 262 Å². The molecular weight excluding hydrogens is 628 g/mol. The Kier molecular flexibility index (Phi) is 18.0. The SMILES string of the molecule is CCCOCCNC(=O)C1OC(CNC(=O)CN2CCN(CC(=O)O)CCN(CC(=O)O)CCN(CC(=O)O)CC2)C(O)C(O)C1O. The Bertz CT molecular complexity index is 991. The van der Waals surface area contributed by atoms with Gasteiger partial charge in [0, 0.05) is 72.1 Å². The molecule has 19 nitrogen and oxygen atoms in total. The predicted molar refractivity (Wildman–Crippen MR) is 162 cm³/mol. The van der Waals surface area contributed by atoms with Gasteiger partial charge in [0.25, 0.3) is 5.91 Å². The molecule has 2 fully saturated rings. The van der Waals surface area contributed by atoms with Gasteiger partial charge >= 0.3 is 17.9 Å². The summed E-state index contributed by atoms with van der Waals surface area (Å²) in [6.45, 7) is 3.20. The molecule has 2 saturated heterocycles. The largest absolute Gasteiger partial charge is 0.480 e. The number of carbonyl (C=O) groups excluding carboxylic acids is 2. The Morgan fingerprint density at radius 1 is 0.660 bits per heavy atom. The normalized spacial score (nSPS) is 26.1. The minimum Gasteiger partial charge on any atom is -0.480 e. The molecule has 270 valence electrons. The van der Waals surface area contributed by atoms with Gasteiger partial charge in [-0.1, -0.05) is 6.92 Å². The maximum absolute atomic E-state index is 13.0. The molecule has 2 aliphatic heterocycles. The highest BCUT2D eigenvalue weighted by Gasteiger charge is 2.46. The third kappa shape index (κ3) is 15.2. The van der Waals surface area contributed by atoms with Gasteiger partial charge < -0.3 is 50.7 Å². The van der Waals surface area contributed by atoms with Gasteiger partial charge in [0.15, 0.2) is 6.10 Å². The van der Waals surface area contributed by atoms with Gasteiger partial charge in [-0.2, -0.15) is 0 Å². The van der Waals surface area contributed by atoms with Crippen LogP contribution in [0.25, 0.3) is 0 Å². The number of amides is 2. The molecule has 19 heteroatoms. The molecular formula is C28H50N6O13. The van der Waals surface area contributed by atoms with Crippen molar-refractivity contribution in [2.75, 3.05) is 105 Å². The summed E-state index contributed by atoms with van der Waals surface area (Å²) in [6, 6.07) is 0. The van der Waals surface area contributed by atoms with Crippen LogP contribution in [0, 0.1) is 0 Å². The zero-order valence-electron chi connectivity index (χ0n) is 26.7. The summed E-state index contributed by atoms with van der Waals surface area (Å²) in [5.41, 5.74) is 0. The Morgan fingerprint density at radius 2 is 1.11 bits per heavy atom. The van der Waals surface area contributed by atoms with Crippen LogP contribution in [0.1, 0.15) is 13.3 Å². The predicted octanol–water partition coefficient (Wildman–Crippen LogP) is -5.03. The van der Waals surface area contributed by atoms with E-state index in [9.17, 15) is 54.6 Å². The Morgan fingerprint density at radius 3 is 1.53 bits per heavy atom. The van der Waals surface area contributed by atoms with E-state index in [-0.39, 0.29) is 98.2 Å². The van der Waals surface area contributed by atoms with Crippen LogP contribution in [0.5, 0.6) is 0 Å². The first-order chi connectivity index (χ1) is 22.3. The second-order valence-electron chi connectivity index (χ2n) is 11.6. The average molecular weight is 679 g/mol. The van der Waals surface area contributed by atoms with Crippen LogP contribution in [0.4, 0.5) is 0 Å². The minimum absolute atomic E-state index is 0.135. The number of hydrogen-bond donors (Lipinski definition) is 8. The molecule has 0 aliphatic carbocycles. The molecule has 0 aromatic carbocycles. The first-order valence-corrected chi connectivity index (χ1v) is 15.7. The second-order valence-corrected chi connectivity index (χ2v) is 11.6. The second kappa shape index (κ2) is 21.1. The van der Waals surface area contributed by atoms with Crippen molar-refractivity contribution in [3.8, 4) is 0 Å². The molecule has 5 unspecified atom stereocenters. The number of carboxylic acid groups (broad SMARTS) is 3. The molecule has 0 saturated carbocycles. The molecule has 2 heterocycles. The van der Waals surface area contributed by atoms with Crippen molar-refractivity contribution >= 4 is 29.7 Å². The zero-order valence-corrected chi connectivity index (χ0v) is 26.7. The number of nitrogens with one attached hydrogen (secondary N) is 2. The highest BCUT2D eigenvalue weighted by atomic mass is 16.5. The van der Waals surface area contributed by atoms with E-state index < -0.39 is 60.2 Å². The van der Waals surface area contributed by atoms with Crippen molar-refractivity contribution in [3.05, 3.63) is 0 Å². The molecule has 0 spiro atoms. The number of aliphatic hydroxyl groups is 3. The molecule has 2 aliphatic rings. The Hall–Kier alpha value is -3.01. The lowest BCUT2D eigenvalue weighted by Gasteiger charge is -2.40. The van der Waals surface area contributed by atoms with Crippen LogP contribution in [-0.2, 0) is 33.4 Å². The van der Waals surface area contributed by atoms with Gasteiger partial charge in [-0.05, 0) is 6.42 Å². The molecule has 0 aromatic rings. The van der Waals surface area contributed by atoms with Crippen LogP contribution in [0.2, 0.25) is 0 Å². The van der Waals surface area contributed by atoms with Crippen LogP contribution >= 0.6 is 0 Å². The fourth-order valence-electron chi connectivity index (χ4n) is 5.19. The molecule has 0 aromatic heterocycles. The molecule has 5 atom stereocenters. The maximum Gasteiger partial charge on any atom is 0.317 e. The molecule has 2 rings (SSSR count). The van der Waals surface area contributed by atoms with Crippen molar-refractivity contribution in [1.82, 2.24) is 30.2 Å². The lowest BCUT2D eigenvalue weighted by molar-refractivity contribution is -0.219. The monoisotopic (exact) mass is 678 g/mol. The van der Waals surface area contributed by atoms with Crippen molar-refractivity contribution in [2.45, 2.75) is 43.9 Å². The lowest BCUT2D eigenvalue weighted by atomic mass is 9.94. The number of aliphatic hydroxyl groups excluding tert-OH is 3. The number of aliphatic carboxylic acids is 3. The summed E-state index contributed by atoms with van der Waals surface area (Å²) in [5, 5.41) is 64.4. The van der Waals surface area contributed by atoms with E-state index in [1.165, 1.54) is 0 Å². The highest BCUT2D eigenvalue weighted by molar-refractivity contribution is 5.82. The number of rotatable bonds is 16. The molecule has 0 bridgehead atoms. The average Bonchev–Trinajstić information content (AvgIpc) is 2.99. The zero-order chi connectivity index (χ0) is 34.9. The number of carboxylic acids is 3. The third-order valence-electron chi connectivity index (χ3n) is 7.74. The van der Waals surface area contributed by atoms with Gasteiger partial charge in [0.05, 0.1) is 32.8 Å². The molecule has 8 N–H and O–H groups in total. The van der Waals surface area contributed by atoms with E-state index in [4.69, 9.17) is 9.47 Å². The van der Waals surface area contributed by atoms with Gasteiger partial charge in [-0.15, -0.1) is 0 Å². The maximum atomic E-state index is 13.0. The van der Waals surface area contributed by atoms with Crippen molar-refractivity contribution < 1.29 is 64.1 Å². The lowest BCUT2D eigenvalue weighted by Crippen LogP contribution is -2.63. The van der Waals surface area contributed by atoms with Crippen LogP contribution in [-0.4, -0.2) is 215 Å². The van der Waals surface area contributed by atoms with E-state index in [0.29, 0.717) is 6.61 Å². The Labute approximate surface area is 273 Å². The van der Waals surface area contributed by atoms with Crippen molar-refractivity contribution in [1.29, 1.82) is 0 Å². The first-order valence-electron chi connectivity index (χ1n) is 15.7.